The van der Waals surface area contributed by atoms with Crippen LogP contribution in [-0.2, 0) is 16.6 Å². The zero-order valence-electron chi connectivity index (χ0n) is 22.2. The van der Waals surface area contributed by atoms with E-state index in [1.165, 1.54) is 5.57 Å². The third-order valence-corrected chi connectivity index (χ3v) is 6.95. The van der Waals surface area contributed by atoms with Crippen molar-refractivity contribution < 1.29 is 14.1 Å². The number of pyridine rings is 1. The number of hydrogen-bond acceptors (Lipinski definition) is 5. The largest absolute Gasteiger partial charge is 0.445 e. The fraction of sp³-hybridized carbons (Fsp3) is 0.296. The predicted octanol–water partition coefficient (Wildman–Crippen LogP) is 2.59. The first-order chi connectivity index (χ1) is 17.7. The van der Waals surface area contributed by atoms with Crippen LogP contribution in [0.3, 0.4) is 0 Å². The van der Waals surface area contributed by atoms with E-state index in [1.54, 1.807) is 4.90 Å². The number of aromatic nitrogens is 3. The Morgan fingerprint density at radius 3 is 2.54 bits per heavy atom. The maximum absolute atomic E-state index is 12.6. The van der Waals surface area contributed by atoms with Gasteiger partial charge in [-0.25, -0.2) is 9.78 Å². The van der Waals surface area contributed by atoms with Crippen molar-refractivity contribution >= 4 is 46.7 Å². The second-order valence-electron chi connectivity index (χ2n) is 10.7. The molecule has 186 valence electrons. The highest BCUT2D eigenvalue weighted by Gasteiger charge is 2.23. The highest BCUT2D eigenvalue weighted by molar-refractivity contribution is 6.56. The number of benzene rings is 1. The van der Waals surface area contributed by atoms with Gasteiger partial charge in [-0.1, -0.05) is 47.1 Å². The first-order valence-electron chi connectivity index (χ1n) is 12.8. The number of carbonyl (C=O) groups is 1. The number of amides is 1. The number of nitrogens with zero attached hydrogens (tertiary/aromatic N) is 4. The Labute approximate surface area is 220 Å². The second-order valence-corrected chi connectivity index (χ2v) is 10.7. The topological polar surface area (TPSA) is 73.4 Å². The van der Waals surface area contributed by atoms with Crippen LogP contribution in [0.2, 0.25) is 0 Å². The van der Waals surface area contributed by atoms with Gasteiger partial charge < -0.3 is 18.7 Å². The number of carbonyl (C=O) groups excluding carboxylic acids is 1. The fourth-order valence-corrected chi connectivity index (χ4v) is 4.94. The Balaban J connectivity index is 1.37. The van der Waals surface area contributed by atoms with Crippen LogP contribution in [0.4, 0.5) is 4.79 Å². The van der Waals surface area contributed by atoms with E-state index in [-0.39, 0.29) is 11.3 Å². The van der Waals surface area contributed by atoms with Gasteiger partial charge in [0.2, 0.25) is 0 Å². The number of rotatable bonds is 5. The molecule has 0 spiro atoms. The zero-order valence-corrected chi connectivity index (χ0v) is 22.2. The molecule has 0 bridgehead atoms. The molecule has 1 aliphatic heterocycles. The van der Waals surface area contributed by atoms with Gasteiger partial charge in [0.25, 0.3) is 0 Å². The molecule has 0 unspecified atom stereocenters. The summed E-state index contributed by atoms with van der Waals surface area (Å²) < 4.78 is 13.2. The quantitative estimate of drug-likeness (QED) is 0.401. The number of hydrogen-bond donors (Lipinski definition) is 0. The molecule has 0 aliphatic carbocycles. The van der Waals surface area contributed by atoms with E-state index in [9.17, 15) is 4.79 Å². The van der Waals surface area contributed by atoms with Gasteiger partial charge in [-0.15, -0.1) is 0 Å². The predicted molar refractivity (Wildman–Crippen MR) is 154 cm³/mol. The van der Waals surface area contributed by atoms with E-state index in [4.69, 9.17) is 14.2 Å². The van der Waals surface area contributed by atoms with Crippen molar-refractivity contribution in [3.05, 3.63) is 76.9 Å². The summed E-state index contributed by atoms with van der Waals surface area (Å²) in [5.74, 6) is 0.792. The van der Waals surface area contributed by atoms with Gasteiger partial charge in [-0.2, -0.15) is 0 Å². The van der Waals surface area contributed by atoms with Gasteiger partial charge >= 0.3 is 6.09 Å². The van der Waals surface area contributed by atoms with Crippen molar-refractivity contribution in [2.75, 3.05) is 13.1 Å². The van der Waals surface area contributed by atoms with Crippen LogP contribution in [0.15, 0.2) is 58.9 Å². The maximum Gasteiger partial charge on any atom is 0.410 e. The molecular weight excluding hydrogens is 461 g/mol. The molecular formula is C27H31B3N4O3. The highest BCUT2D eigenvalue weighted by Crippen LogP contribution is 2.33. The highest BCUT2D eigenvalue weighted by atomic mass is 16.6. The molecule has 37 heavy (non-hydrogen) atoms. The Morgan fingerprint density at radius 1 is 1.16 bits per heavy atom. The minimum atomic E-state index is -0.249. The molecule has 0 atom stereocenters. The summed E-state index contributed by atoms with van der Waals surface area (Å²) in [5.41, 5.74) is 7.28. The summed E-state index contributed by atoms with van der Waals surface area (Å²) in [4.78, 5) is 19.3. The average Bonchev–Trinajstić information content (AvgIpc) is 3.42. The van der Waals surface area contributed by atoms with E-state index in [2.05, 4.69) is 51.6 Å². The van der Waals surface area contributed by atoms with Crippen molar-refractivity contribution in [1.82, 2.24) is 19.6 Å². The average molecular weight is 492 g/mol. The molecule has 0 radical (unpaired) electrons. The second kappa shape index (κ2) is 10.00. The van der Waals surface area contributed by atoms with E-state index in [0.717, 1.165) is 57.6 Å². The van der Waals surface area contributed by atoms with E-state index < -0.39 is 0 Å². The Morgan fingerprint density at radius 2 is 1.89 bits per heavy atom. The summed E-state index contributed by atoms with van der Waals surface area (Å²) in [6.45, 7) is 5.49. The normalized spacial score (nSPS) is 14.2. The van der Waals surface area contributed by atoms with Gasteiger partial charge in [-0.05, 0) is 43.6 Å². The van der Waals surface area contributed by atoms with Crippen LogP contribution in [0, 0.1) is 13.8 Å². The summed E-state index contributed by atoms with van der Waals surface area (Å²) in [5, 5.41) is 5.11. The molecule has 0 N–H and O–H groups in total. The van der Waals surface area contributed by atoms with E-state index >= 15 is 0 Å². The van der Waals surface area contributed by atoms with Gasteiger partial charge in [-0.3, -0.25) is 0 Å². The Hall–Kier alpha value is -3.68. The molecule has 1 fully saturated rings. The van der Waals surface area contributed by atoms with Crippen molar-refractivity contribution in [3.8, 4) is 11.1 Å². The summed E-state index contributed by atoms with van der Waals surface area (Å²) in [6.07, 6.45) is 7.77. The number of aryl methyl sites for hydroxylation is 2. The summed E-state index contributed by atoms with van der Waals surface area (Å²) in [7, 11) is 6.56. The van der Waals surface area contributed by atoms with Crippen LogP contribution in [0.5, 0.6) is 0 Å². The van der Waals surface area contributed by atoms with Crippen molar-refractivity contribution in [2.45, 2.75) is 38.5 Å². The van der Waals surface area contributed by atoms with Crippen molar-refractivity contribution in [1.29, 1.82) is 0 Å². The molecule has 0 saturated carbocycles. The molecule has 1 aromatic carbocycles. The minimum Gasteiger partial charge on any atom is -0.445 e. The zero-order chi connectivity index (χ0) is 26.2. The summed E-state index contributed by atoms with van der Waals surface area (Å²) in [6, 6.07) is 12.0. The van der Waals surface area contributed by atoms with Crippen molar-refractivity contribution in [3.63, 3.8) is 0 Å². The Kier molecular flexibility index (Phi) is 6.75. The van der Waals surface area contributed by atoms with Gasteiger partial charge in [0.05, 0.1) is 5.69 Å². The molecule has 4 heterocycles. The van der Waals surface area contributed by atoms with Crippen LogP contribution in [0.1, 0.15) is 35.4 Å². The van der Waals surface area contributed by atoms with E-state index in [1.807, 2.05) is 50.4 Å². The van der Waals surface area contributed by atoms with Crippen LogP contribution < -0.4 is 0 Å². The molecule has 3 aromatic heterocycles. The fourth-order valence-electron chi connectivity index (χ4n) is 4.94. The SMILES string of the molecule is BC(B)(B)n1cc(C=C2CCN(C(=O)OCc3ccccc3)CC2)c2cc(-c3c(C)noc3C)cnc21. The monoisotopic (exact) mass is 492 g/mol. The number of piperidine rings is 1. The molecule has 7 nitrogen and oxygen atoms in total. The molecule has 1 amide bonds. The smallest absolute Gasteiger partial charge is 0.410 e. The minimum absolute atomic E-state index is 0.113. The van der Waals surface area contributed by atoms with Gasteiger partial charge in [0.1, 0.15) is 41.6 Å². The van der Waals surface area contributed by atoms with Crippen LogP contribution >= 0.6 is 0 Å². The number of ether oxygens (including phenoxy) is 1. The lowest BCUT2D eigenvalue weighted by molar-refractivity contribution is 0.0936. The third-order valence-electron chi connectivity index (χ3n) is 6.95. The Bertz CT molecular complexity index is 1440. The lowest BCUT2D eigenvalue weighted by Gasteiger charge is -2.27. The number of likely N-dealkylation sites (tertiary alicyclic amines) is 1. The lowest BCUT2D eigenvalue weighted by Crippen LogP contribution is -2.36. The van der Waals surface area contributed by atoms with Gasteiger partial charge in [0, 0.05) is 47.6 Å². The maximum atomic E-state index is 12.6. The van der Waals surface area contributed by atoms with Crippen LogP contribution in [0.25, 0.3) is 28.2 Å². The van der Waals surface area contributed by atoms with Crippen molar-refractivity contribution in [2.24, 2.45) is 0 Å². The summed E-state index contributed by atoms with van der Waals surface area (Å²) >= 11 is 0. The molecule has 1 aliphatic rings. The third kappa shape index (κ3) is 5.24. The molecule has 1 saturated heterocycles. The molecule has 5 rings (SSSR count). The molecule has 4 aromatic rings. The molecule has 10 heteroatoms. The lowest BCUT2D eigenvalue weighted by atomic mass is 9.49. The van der Waals surface area contributed by atoms with Crippen LogP contribution in [-0.4, -0.2) is 62.3 Å². The van der Waals surface area contributed by atoms with E-state index in [0.29, 0.717) is 19.7 Å². The standard InChI is InChI=1S/C27H31B3N4O3/c1-17-24(18(2)37-32-17)21-13-23-22(15-34(27(28,29)30)25(23)31-14-21)12-19-8-10-33(11-9-19)26(35)36-16-20-6-4-3-5-7-20/h3-7,12-15H,8-11,16,28-30H2,1-2H3. The first kappa shape index (κ1) is 25.0. The number of fused-ring (bicyclic) bond motifs is 1. The van der Waals surface area contributed by atoms with Gasteiger partial charge in [0.15, 0.2) is 0 Å². The first-order valence-corrected chi connectivity index (χ1v) is 12.8.